The molecule has 1 fully saturated rings. The lowest BCUT2D eigenvalue weighted by atomic mass is 9.84. The summed E-state index contributed by atoms with van der Waals surface area (Å²) in [6, 6.07) is 0. The highest BCUT2D eigenvalue weighted by Crippen LogP contribution is 2.32. The molecule has 1 atom stereocenters. The van der Waals surface area contributed by atoms with Crippen LogP contribution in [0.5, 0.6) is 0 Å². The average Bonchev–Trinajstić information content (AvgIpc) is 2.54. The molecule has 2 rings (SSSR count). The minimum atomic E-state index is 0.375. The molecule has 1 saturated carbocycles. The van der Waals surface area contributed by atoms with Gasteiger partial charge in [-0.3, -0.25) is 0 Å². The highest BCUT2D eigenvalue weighted by molar-refractivity contribution is 9.18. The van der Waals surface area contributed by atoms with Crippen molar-refractivity contribution in [2.75, 3.05) is 0 Å². The quantitative estimate of drug-likeness (QED) is 0.680. The lowest BCUT2D eigenvalue weighted by molar-refractivity contribution is 0.0268. The highest BCUT2D eigenvalue weighted by Gasteiger charge is 2.29. The third-order valence-electron chi connectivity index (χ3n) is 2.83. The van der Waals surface area contributed by atoms with E-state index >= 15 is 0 Å². The van der Waals surface area contributed by atoms with E-state index in [-0.39, 0.29) is 0 Å². The standard InChI is InChI=1S/C9H14BrNO/c10-9-6-8(12-11-9)7-4-2-1-3-5-7/h7-8H,1-6H2/t8-/m0/s1. The fraction of sp³-hybridized carbons (Fsp3) is 0.889. The summed E-state index contributed by atoms with van der Waals surface area (Å²) in [6.45, 7) is 0. The highest BCUT2D eigenvalue weighted by atomic mass is 79.9. The Morgan fingerprint density at radius 2 is 2.00 bits per heavy atom. The molecule has 0 saturated heterocycles. The van der Waals surface area contributed by atoms with Crippen LogP contribution < -0.4 is 0 Å². The maximum absolute atomic E-state index is 5.35. The Kier molecular flexibility index (Phi) is 2.69. The molecule has 0 amide bonds. The molecule has 0 N–H and O–H groups in total. The molecule has 2 nitrogen and oxygen atoms in total. The van der Waals surface area contributed by atoms with Crippen molar-refractivity contribution in [3.63, 3.8) is 0 Å². The molecule has 1 heterocycles. The number of rotatable bonds is 1. The summed E-state index contributed by atoms with van der Waals surface area (Å²) >= 11 is 3.37. The second kappa shape index (κ2) is 3.77. The van der Waals surface area contributed by atoms with Gasteiger partial charge >= 0.3 is 0 Å². The zero-order chi connectivity index (χ0) is 8.39. The minimum absolute atomic E-state index is 0.375. The van der Waals surface area contributed by atoms with Gasteiger partial charge in [0.15, 0.2) is 0 Å². The van der Waals surface area contributed by atoms with Crippen LogP contribution >= 0.6 is 15.9 Å². The van der Waals surface area contributed by atoms with Gasteiger partial charge in [0.2, 0.25) is 0 Å². The predicted molar refractivity (Wildman–Crippen MR) is 52.4 cm³/mol. The Bertz CT molecular complexity index is 187. The summed E-state index contributed by atoms with van der Waals surface area (Å²) in [4.78, 5) is 5.35. The van der Waals surface area contributed by atoms with Gasteiger partial charge < -0.3 is 4.84 Å². The van der Waals surface area contributed by atoms with E-state index in [9.17, 15) is 0 Å². The van der Waals surface area contributed by atoms with Gasteiger partial charge in [-0.15, -0.1) is 0 Å². The van der Waals surface area contributed by atoms with E-state index < -0.39 is 0 Å². The van der Waals surface area contributed by atoms with Crippen LogP contribution in [0.25, 0.3) is 0 Å². The normalized spacial score (nSPS) is 31.4. The minimum Gasteiger partial charge on any atom is -0.391 e. The number of hydrogen-bond acceptors (Lipinski definition) is 2. The van der Waals surface area contributed by atoms with Crippen molar-refractivity contribution < 1.29 is 4.84 Å². The van der Waals surface area contributed by atoms with E-state index in [0.717, 1.165) is 17.0 Å². The van der Waals surface area contributed by atoms with Crippen molar-refractivity contribution in [2.45, 2.75) is 44.6 Å². The molecule has 1 aliphatic carbocycles. The monoisotopic (exact) mass is 231 g/mol. The summed E-state index contributed by atoms with van der Waals surface area (Å²) in [5.74, 6) is 0.762. The van der Waals surface area contributed by atoms with E-state index in [0.29, 0.717) is 6.10 Å². The van der Waals surface area contributed by atoms with E-state index in [2.05, 4.69) is 21.1 Å². The van der Waals surface area contributed by atoms with Crippen LogP contribution in [0.4, 0.5) is 0 Å². The van der Waals surface area contributed by atoms with Crippen molar-refractivity contribution in [2.24, 2.45) is 11.1 Å². The molecule has 0 bridgehead atoms. The number of oxime groups is 1. The van der Waals surface area contributed by atoms with E-state index in [1.54, 1.807) is 0 Å². The fourth-order valence-electron chi connectivity index (χ4n) is 2.12. The first-order valence-corrected chi connectivity index (χ1v) is 5.54. The van der Waals surface area contributed by atoms with Crippen molar-refractivity contribution in [1.82, 2.24) is 0 Å². The number of nitrogens with zero attached hydrogens (tertiary/aromatic N) is 1. The van der Waals surface area contributed by atoms with E-state index in [4.69, 9.17) is 4.84 Å². The van der Waals surface area contributed by atoms with Crippen LogP contribution in [-0.4, -0.2) is 10.7 Å². The van der Waals surface area contributed by atoms with Crippen molar-refractivity contribution in [3.05, 3.63) is 0 Å². The molecular weight excluding hydrogens is 218 g/mol. The molecule has 0 aromatic rings. The van der Waals surface area contributed by atoms with Gasteiger partial charge in [-0.25, -0.2) is 0 Å². The first kappa shape index (κ1) is 8.54. The van der Waals surface area contributed by atoms with Crippen molar-refractivity contribution >= 4 is 20.6 Å². The molecule has 0 spiro atoms. The second-order valence-electron chi connectivity index (χ2n) is 3.71. The molecule has 2 aliphatic rings. The Morgan fingerprint density at radius 1 is 1.25 bits per heavy atom. The zero-order valence-electron chi connectivity index (χ0n) is 7.13. The van der Waals surface area contributed by atoms with Gasteiger partial charge in [-0.05, 0) is 34.7 Å². The van der Waals surface area contributed by atoms with Crippen LogP contribution in [0.15, 0.2) is 5.16 Å². The first-order valence-electron chi connectivity index (χ1n) is 4.74. The molecule has 1 aliphatic heterocycles. The second-order valence-corrected chi connectivity index (χ2v) is 4.63. The summed E-state index contributed by atoms with van der Waals surface area (Å²) in [5.41, 5.74) is 0. The molecule has 0 aromatic carbocycles. The van der Waals surface area contributed by atoms with Gasteiger partial charge in [0, 0.05) is 6.42 Å². The van der Waals surface area contributed by atoms with Crippen LogP contribution in [0, 0.1) is 5.92 Å². The van der Waals surface area contributed by atoms with Crippen LogP contribution in [0.1, 0.15) is 38.5 Å². The van der Waals surface area contributed by atoms with Crippen LogP contribution in [0.3, 0.4) is 0 Å². The third kappa shape index (κ3) is 1.82. The average molecular weight is 232 g/mol. The molecular formula is C9H14BrNO. The Morgan fingerprint density at radius 3 is 2.58 bits per heavy atom. The number of hydrogen-bond donors (Lipinski definition) is 0. The van der Waals surface area contributed by atoms with Gasteiger partial charge in [0.25, 0.3) is 0 Å². The summed E-state index contributed by atoms with van der Waals surface area (Å²) in [5, 5.41) is 3.93. The Balaban J connectivity index is 1.85. The predicted octanol–water partition coefficient (Wildman–Crippen LogP) is 3.06. The Labute approximate surface area is 81.5 Å². The van der Waals surface area contributed by atoms with E-state index in [1.807, 2.05) is 0 Å². The topological polar surface area (TPSA) is 21.6 Å². The lowest BCUT2D eigenvalue weighted by Gasteiger charge is -2.25. The lowest BCUT2D eigenvalue weighted by Crippen LogP contribution is -2.22. The maximum atomic E-state index is 5.35. The summed E-state index contributed by atoms with van der Waals surface area (Å²) in [7, 11) is 0. The van der Waals surface area contributed by atoms with Crippen LogP contribution in [0.2, 0.25) is 0 Å². The van der Waals surface area contributed by atoms with Crippen molar-refractivity contribution in [3.8, 4) is 0 Å². The molecule has 0 aromatic heterocycles. The Hall–Kier alpha value is -0.0500. The SMILES string of the molecule is BrC1=NO[C@H](C2CCCCC2)C1. The van der Waals surface area contributed by atoms with Gasteiger partial charge in [-0.2, -0.15) is 0 Å². The maximum Gasteiger partial charge on any atom is 0.136 e. The zero-order valence-corrected chi connectivity index (χ0v) is 8.72. The molecule has 68 valence electrons. The van der Waals surface area contributed by atoms with Crippen molar-refractivity contribution in [1.29, 1.82) is 0 Å². The molecule has 0 radical (unpaired) electrons. The molecule has 0 unspecified atom stereocenters. The third-order valence-corrected chi connectivity index (χ3v) is 3.30. The van der Waals surface area contributed by atoms with Gasteiger partial charge in [-0.1, -0.05) is 24.4 Å². The van der Waals surface area contributed by atoms with E-state index in [1.165, 1.54) is 32.1 Å². The van der Waals surface area contributed by atoms with Crippen LogP contribution in [-0.2, 0) is 4.84 Å². The summed E-state index contributed by atoms with van der Waals surface area (Å²) in [6.07, 6.45) is 8.20. The fourth-order valence-corrected chi connectivity index (χ4v) is 2.53. The molecule has 12 heavy (non-hydrogen) atoms. The first-order chi connectivity index (χ1) is 5.86. The van der Waals surface area contributed by atoms with Gasteiger partial charge in [0.05, 0.1) is 0 Å². The van der Waals surface area contributed by atoms with Gasteiger partial charge in [0.1, 0.15) is 10.7 Å². The summed E-state index contributed by atoms with van der Waals surface area (Å²) < 4.78 is 0.984. The number of halogens is 1. The largest absolute Gasteiger partial charge is 0.391 e. The molecule has 3 heteroatoms. The smallest absolute Gasteiger partial charge is 0.136 e.